The number of nitrogens with one attached hydrogen (secondary N) is 2. The molecule has 2 unspecified atom stereocenters. The fourth-order valence-corrected chi connectivity index (χ4v) is 5.88. The molecule has 3 N–H and O–H groups in total. The monoisotopic (exact) mass is 657 g/mol. The molecule has 2 atom stereocenters. The van der Waals surface area contributed by atoms with Gasteiger partial charge in [0, 0.05) is 52.4 Å². The molecule has 2 amide bonds. The number of likely N-dealkylation sites (N-methyl/N-ethyl adjacent to an activating group) is 6. The Morgan fingerprint density at radius 1 is 0.478 bits per heavy atom. The Bertz CT molecular complexity index is 746. The van der Waals surface area contributed by atoms with Crippen LogP contribution in [-0.2, 0) is 14.4 Å². The van der Waals surface area contributed by atoms with E-state index in [0.717, 1.165) is 91.6 Å². The van der Waals surface area contributed by atoms with Gasteiger partial charge in [-0.2, -0.15) is 0 Å². The highest BCUT2D eigenvalue weighted by atomic mass is 16.4. The standard InChI is InChI=1S/C34H72N8O4/c1-11-37(12-2)21-23-39(15-5)27-30(41(17-7)18-8)32(43)35-25-29(34(45)46)26-36-33(44)31(42(19-9)20-10)28-40(16-6)24-22-38(13-3)14-4/h29-31H,11-28H2,1-10H3,(H,35,43)(H,36,44)(H,45,46). The van der Waals surface area contributed by atoms with Crippen LogP contribution in [-0.4, -0.2) is 182 Å². The number of carbonyl (C=O) groups excluding carboxylic acids is 2. The molecular formula is C34H72N8O4. The highest BCUT2D eigenvalue weighted by Gasteiger charge is 2.30. The van der Waals surface area contributed by atoms with Crippen molar-refractivity contribution in [2.45, 2.75) is 81.3 Å². The molecule has 272 valence electrons. The van der Waals surface area contributed by atoms with Crippen LogP contribution in [0.4, 0.5) is 0 Å². The van der Waals surface area contributed by atoms with Crippen molar-refractivity contribution in [1.29, 1.82) is 0 Å². The first kappa shape index (κ1) is 44.2. The fraction of sp³-hybridized carbons (Fsp3) is 0.912. The predicted molar refractivity (Wildman–Crippen MR) is 190 cm³/mol. The molecule has 0 bridgehead atoms. The lowest BCUT2D eigenvalue weighted by Gasteiger charge is -2.34. The molecule has 0 aliphatic carbocycles. The summed E-state index contributed by atoms with van der Waals surface area (Å²) in [5.74, 6) is -2.31. The van der Waals surface area contributed by atoms with E-state index in [9.17, 15) is 19.5 Å². The number of aliphatic carboxylic acids is 1. The van der Waals surface area contributed by atoms with Crippen LogP contribution in [0.5, 0.6) is 0 Å². The Morgan fingerprint density at radius 2 is 0.761 bits per heavy atom. The van der Waals surface area contributed by atoms with Crippen molar-refractivity contribution in [3.05, 3.63) is 0 Å². The summed E-state index contributed by atoms with van der Waals surface area (Å²) >= 11 is 0. The number of hydrogen-bond donors (Lipinski definition) is 3. The Morgan fingerprint density at radius 3 is 1.00 bits per heavy atom. The molecule has 0 spiro atoms. The lowest BCUT2D eigenvalue weighted by molar-refractivity contribution is -0.141. The maximum atomic E-state index is 13.6. The van der Waals surface area contributed by atoms with Crippen LogP contribution in [0.3, 0.4) is 0 Å². The Balaban J connectivity index is 5.56. The zero-order chi connectivity index (χ0) is 35.1. The van der Waals surface area contributed by atoms with Gasteiger partial charge in [0.1, 0.15) is 12.1 Å². The number of amides is 2. The van der Waals surface area contributed by atoms with Gasteiger partial charge in [0.25, 0.3) is 0 Å². The summed E-state index contributed by atoms with van der Waals surface area (Å²) in [5.41, 5.74) is 0. The van der Waals surface area contributed by atoms with Crippen molar-refractivity contribution >= 4 is 17.8 Å². The average Bonchev–Trinajstić information content (AvgIpc) is 3.06. The number of rotatable bonds is 29. The van der Waals surface area contributed by atoms with Gasteiger partial charge in [-0.15, -0.1) is 0 Å². The molecular weight excluding hydrogens is 584 g/mol. The molecule has 0 aromatic carbocycles. The second kappa shape index (κ2) is 26.2. The maximum absolute atomic E-state index is 13.6. The largest absolute Gasteiger partial charge is 0.481 e. The van der Waals surface area contributed by atoms with E-state index in [0.29, 0.717) is 13.1 Å². The van der Waals surface area contributed by atoms with Crippen LogP contribution in [0.15, 0.2) is 0 Å². The van der Waals surface area contributed by atoms with E-state index in [1.165, 1.54) is 0 Å². The highest BCUT2D eigenvalue weighted by molar-refractivity contribution is 5.84. The van der Waals surface area contributed by atoms with Crippen LogP contribution in [0.2, 0.25) is 0 Å². The third-order valence-electron chi connectivity index (χ3n) is 9.52. The van der Waals surface area contributed by atoms with Gasteiger partial charge in [0.2, 0.25) is 11.8 Å². The molecule has 0 aromatic heterocycles. The quantitative estimate of drug-likeness (QED) is 0.110. The van der Waals surface area contributed by atoms with Crippen molar-refractivity contribution in [3.8, 4) is 0 Å². The molecule has 0 aliphatic rings. The second-order valence-electron chi connectivity index (χ2n) is 11.8. The lowest BCUT2D eigenvalue weighted by Crippen LogP contribution is -2.56. The van der Waals surface area contributed by atoms with Gasteiger partial charge in [0.15, 0.2) is 0 Å². The molecule has 46 heavy (non-hydrogen) atoms. The maximum Gasteiger partial charge on any atom is 0.310 e. The highest BCUT2D eigenvalue weighted by Crippen LogP contribution is 2.07. The Hall–Kier alpha value is -1.83. The molecule has 0 saturated heterocycles. The van der Waals surface area contributed by atoms with Crippen LogP contribution in [0.1, 0.15) is 69.2 Å². The minimum Gasteiger partial charge on any atom is -0.481 e. The molecule has 12 nitrogen and oxygen atoms in total. The number of nitrogens with zero attached hydrogens (tertiary/aromatic N) is 6. The number of carboxylic acid groups (broad SMARTS) is 1. The molecule has 0 radical (unpaired) electrons. The topological polar surface area (TPSA) is 115 Å². The summed E-state index contributed by atoms with van der Waals surface area (Å²) in [5, 5.41) is 15.9. The van der Waals surface area contributed by atoms with Crippen molar-refractivity contribution in [1.82, 2.24) is 40.0 Å². The third kappa shape index (κ3) is 16.3. The first-order valence-corrected chi connectivity index (χ1v) is 18.2. The molecule has 0 aliphatic heterocycles. The normalized spacial score (nSPS) is 14.1. The SMILES string of the molecule is CCN(CC)CCN(CC)CC(C(=O)NCC(CNC(=O)C(CN(CC)CCN(CC)CC)N(CC)CC)C(=O)O)N(CC)CC. The first-order valence-electron chi connectivity index (χ1n) is 18.2. The first-order chi connectivity index (χ1) is 22.0. The van der Waals surface area contributed by atoms with Crippen LogP contribution in [0.25, 0.3) is 0 Å². The number of carboxylic acids is 1. The molecule has 0 saturated carbocycles. The summed E-state index contributed by atoms with van der Waals surface area (Å²) < 4.78 is 0. The summed E-state index contributed by atoms with van der Waals surface area (Å²) in [6.45, 7) is 34.2. The lowest BCUT2D eigenvalue weighted by atomic mass is 10.1. The summed E-state index contributed by atoms with van der Waals surface area (Å²) in [7, 11) is 0. The summed E-state index contributed by atoms with van der Waals surface area (Å²) in [6, 6.07) is -0.779. The van der Waals surface area contributed by atoms with E-state index in [2.05, 4.69) is 81.6 Å². The van der Waals surface area contributed by atoms with E-state index in [-0.39, 0.29) is 37.0 Å². The smallest absolute Gasteiger partial charge is 0.310 e. The van der Waals surface area contributed by atoms with Gasteiger partial charge in [-0.25, -0.2) is 0 Å². The molecule has 0 fully saturated rings. The Labute approximate surface area is 282 Å². The van der Waals surface area contributed by atoms with Gasteiger partial charge in [-0.3, -0.25) is 24.2 Å². The van der Waals surface area contributed by atoms with Crippen molar-refractivity contribution in [2.24, 2.45) is 5.92 Å². The molecule has 12 heteroatoms. The fourth-order valence-electron chi connectivity index (χ4n) is 5.88. The zero-order valence-corrected chi connectivity index (χ0v) is 31.3. The number of carbonyl (C=O) groups is 3. The van der Waals surface area contributed by atoms with Gasteiger partial charge < -0.3 is 35.3 Å². The minimum absolute atomic E-state index is 0.0430. The average molecular weight is 657 g/mol. The van der Waals surface area contributed by atoms with E-state index in [1.54, 1.807) is 0 Å². The van der Waals surface area contributed by atoms with Crippen LogP contribution in [0, 0.1) is 5.92 Å². The van der Waals surface area contributed by atoms with Gasteiger partial charge in [-0.1, -0.05) is 69.2 Å². The Kier molecular flexibility index (Phi) is 25.1. The predicted octanol–water partition coefficient (Wildman–Crippen LogP) is 1.67. The van der Waals surface area contributed by atoms with E-state index in [4.69, 9.17) is 0 Å². The van der Waals surface area contributed by atoms with E-state index >= 15 is 0 Å². The molecule has 0 rings (SSSR count). The van der Waals surface area contributed by atoms with Crippen LogP contribution < -0.4 is 10.6 Å². The van der Waals surface area contributed by atoms with Crippen molar-refractivity contribution in [3.63, 3.8) is 0 Å². The second-order valence-corrected chi connectivity index (χ2v) is 11.8. The van der Waals surface area contributed by atoms with Gasteiger partial charge in [0.05, 0.1) is 5.92 Å². The number of hydrogen-bond acceptors (Lipinski definition) is 9. The van der Waals surface area contributed by atoms with Gasteiger partial charge in [-0.05, 0) is 65.4 Å². The summed E-state index contributed by atoms with van der Waals surface area (Å²) in [6.07, 6.45) is 0. The van der Waals surface area contributed by atoms with Crippen molar-refractivity contribution < 1.29 is 19.5 Å². The summed E-state index contributed by atoms with van der Waals surface area (Å²) in [4.78, 5) is 53.0. The van der Waals surface area contributed by atoms with E-state index < -0.39 is 11.9 Å². The van der Waals surface area contributed by atoms with Crippen LogP contribution >= 0.6 is 0 Å². The molecule has 0 aromatic rings. The third-order valence-corrected chi connectivity index (χ3v) is 9.52. The molecule has 0 heterocycles. The minimum atomic E-state index is -1.04. The van der Waals surface area contributed by atoms with E-state index in [1.807, 2.05) is 27.7 Å². The zero-order valence-electron chi connectivity index (χ0n) is 31.3. The van der Waals surface area contributed by atoms with Crippen molar-refractivity contribution in [2.75, 3.05) is 118 Å². The van der Waals surface area contributed by atoms with Gasteiger partial charge >= 0.3 is 5.97 Å².